The molecule has 0 atom stereocenters. The van der Waals surface area contributed by atoms with E-state index >= 15 is 0 Å². The van der Waals surface area contributed by atoms with Gasteiger partial charge in [0, 0.05) is 49.9 Å². The Kier molecular flexibility index (Phi) is 8.80. The molecular formula is C30H36N4O3. The number of carbonyl (C=O) groups excluding carboxylic acids is 2. The Hall–Kier alpha value is -3.84. The van der Waals surface area contributed by atoms with Gasteiger partial charge in [-0.05, 0) is 74.6 Å². The summed E-state index contributed by atoms with van der Waals surface area (Å²) in [5, 5.41) is 8.81. The van der Waals surface area contributed by atoms with Gasteiger partial charge in [-0.1, -0.05) is 42.0 Å². The first-order valence-corrected chi connectivity index (χ1v) is 12.9. The minimum absolute atomic E-state index is 0.163. The number of carbonyl (C=O) groups is 2. The standard InChI is InChI=1S/C30H36N4O3/c1-4-37-17-7-15-31-29(35)26-19-25(32-30(36)33-27-12-10-21(2)18-22(27)3)11-13-28(26)34-16-14-23-8-5-6-9-24(23)20-34/h5-6,8-13,18-19H,4,7,14-17,20H2,1-3H3,(H,31,35)(H2,32,33,36). The van der Waals surface area contributed by atoms with Crippen molar-refractivity contribution in [2.75, 3.05) is 41.8 Å². The van der Waals surface area contributed by atoms with Gasteiger partial charge >= 0.3 is 6.03 Å². The fraction of sp³-hybridized carbons (Fsp3) is 0.333. The monoisotopic (exact) mass is 500 g/mol. The van der Waals surface area contributed by atoms with Gasteiger partial charge in [-0.3, -0.25) is 4.79 Å². The molecule has 0 fully saturated rings. The number of amides is 3. The molecule has 1 aliphatic rings. The second kappa shape index (κ2) is 12.4. The minimum Gasteiger partial charge on any atom is -0.382 e. The van der Waals surface area contributed by atoms with Crippen LogP contribution in [-0.4, -0.2) is 38.2 Å². The summed E-state index contributed by atoms with van der Waals surface area (Å²) in [6.45, 7) is 9.27. The van der Waals surface area contributed by atoms with Crippen LogP contribution in [0.5, 0.6) is 0 Å². The van der Waals surface area contributed by atoms with Crippen LogP contribution >= 0.6 is 0 Å². The molecule has 0 saturated heterocycles. The lowest BCUT2D eigenvalue weighted by molar-refractivity contribution is 0.0944. The Morgan fingerprint density at radius 1 is 0.973 bits per heavy atom. The highest BCUT2D eigenvalue weighted by Gasteiger charge is 2.22. The van der Waals surface area contributed by atoms with Gasteiger partial charge in [0.25, 0.3) is 5.91 Å². The van der Waals surface area contributed by atoms with Gasteiger partial charge < -0.3 is 25.6 Å². The molecule has 3 aromatic carbocycles. The lowest BCUT2D eigenvalue weighted by Crippen LogP contribution is -2.33. The highest BCUT2D eigenvalue weighted by Crippen LogP contribution is 2.30. The molecule has 194 valence electrons. The van der Waals surface area contributed by atoms with Crippen LogP contribution in [0.2, 0.25) is 0 Å². The molecule has 37 heavy (non-hydrogen) atoms. The van der Waals surface area contributed by atoms with Crippen LogP contribution < -0.4 is 20.9 Å². The van der Waals surface area contributed by atoms with Crippen molar-refractivity contribution in [1.82, 2.24) is 5.32 Å². The van der Waals surface area contributed by atoms with Crippen molar-refractivity contribution in [3.05, 3.63) is 88.5 Å². The van der Waals surface area contributed by atoms with E-state index in [0.717, 1.165) is 48.4 Å². The van der Waals surface area contributed by atoms with E-state index < -0.39 is 0 Å². The highest BCUT2D eigenvalue weighted by molar-refractivity contribution is 6.04. The summed E-state index contributed by atoms with van der Waals surface area (Å²) in [5.74, 6) is -0.163. The SMILES string of the molecule is CCOCCCNC(=O)c1cc(NC(=O)Nc2ccc(C)cc2C)ccc1N1CCc2ccccc2C1. The van der Waals surface area contributed by atoms with E-state index in [1.54, 1.807) is 6.07 Å². The summed E-state index contributed by atoms with van der Waals surface area (Å²) in [5.41, 5.74) is 7.45. The van der Waals surface area contributed by atoms with Crippen molar-refractivity contribution < 1.29 is 14.3 Å². The van der Waals surface area contributed by atoms with Crippen molar-refractivity contribution in [2.45, 2.75) is 40.2 Å². The molecule has 3 aromatic rings. The van der Waals surface area contributed by atoms with Gasteiger partial charge in [-0.2, -0.15) is 0 Å². The number of aryl methyl sites for hydroxylation is 2. The number of hydrogen-bond acceptors (Lipinski definition) is 4. The van der Waals surface area contributed by atoms with E-state index in [1.165, 1.54) is 11.1 Å². The molecule has 7 nitrogen and oxygen atoms in total. The van der Waals surface area contributed by atoms with Gasteiger partial charge in [0.05, 0.1) is 5.56 Å². The molecule has 1 heterocycles. The van der Waals surface area contributed by atoms with Crippen LogP contribution in [0.15, 0.2) is 60.7 Å². The van der Waals surface area contributed by atoms with E-state index in [2.05, 4.69) is 45.1 Å². The Morgan fingerprint density at radius 3 is 2.57 bits per heavy atom. The molecule has 1 aliphatic heterocycles. The number of benzene rings is 3. The third kappa shape index (κ3) is 6.89. The zero-order chi connectivity index (χ0) is 26.2. The number of anilines is 3. The Labute approximate surface area is 219 Å². The molecule has 0 unspecified atom stereocenters. The van der Waals surface area contributed by atoms with Crippen LogP contribution in [-0.2, 0) is 17.7 Å². The largest absolute Gasteiger partial charge is 0.382 e. The second-order valence-corrected chi connectivity index (χ2v) is 9.38. The molecule has 0 aliphatic carbocycles. The van der Waals surface area contributed by atoms with Gasteiger partial charge in [0.15, 0.2) is 0 Å². The number of hydrogen-bond donors (Lipinski definition) is 3. The minimum atomic E-state index is -0.352. The molecule has 0 spiro atoms. The van der Waals surface area contributed by atoms with Crippen molar-refractivity contribution >= 4 is 29.0 Å². The summed E-state index contributed by atoms with van der Waals surface area (Å²) in [6.07, 6.45) is 1.66. The van der Waals surface area contributed by atoms with Gasteiger partial charge in [0.2, 0.25) is 0 Å². The molecule has 0 saturated carbocycles. The zero-order valence-corrected chi connectivity index (χ0v) is 21.9. The Bertz CT molecular complexity index is 1260. The number of nitrogens with one attached hydrogen (secondary N) is 3. The Balaban J connectivity index is 1.52. The van der Waals surface area contributed by atoms with Crippen LogP contribution in [0, 0.1) is 13.8 Å². The average Bonchev–Trinajstić information content (AvgIpc) is 2.89. The van der Waals surface area contributed by atoms with E-state index in [9.17, 15) is 9.59 Å². The van der Waals surface area contributed by atoms with Crippen LogP contribution in [0.25, 0.3) is 0 Å². The summed E-state index contributed by atoms with van der Waals surface area (Å²) >= 11 is 0. The molecule has 3 N–H and O–H groups in total. The number of fused-ring (bicyclic) bond motifs is 1. The Morgan fingerprint density at radius 2 is 1.78 bits per heavy atom. The zero-order valence-electron chi connectivity index (χ0n) is 21.9. The van der Waals surface area contributed by atoms with Crippen LogP contribution in [0.3, 0.4) is 0 Å². The first-order valence-electron chi connectivity index (χ1n) is 12.9. The third-order valence-corrected chi connectivity index (χ3v) is 6.56. The van der Waals surface area contributed by atoms with E-state index in [1.807, 2.05) is 51.1 Å². The van der Waals surface area contributed by atoms with Crippen molar-refractivity contribution in [1.29, 1.82) is 0 Å². The maximum atomic E-state index is 13.3. The summed E-state index contributed by atoms with van der Waals surface area (Å²) < 4.78 is 5.39. The maximum absolute atomic E-state index is 13.3. The maximum Gasteiger partial charge on any atom is 0.323 e. The van der Waals surface area contributed by atoms with Gasteiger partial charge in [-0.25, -0.2) is 4.79 Å². The van der Waals surface area contributed by atoms with E-state index in [4.69, 9.17) is 4.74 Å². The first-order chi connectivity index (χ1) is 17.9. The quantitative estimate of drug-likeness (QED) is 0.331. The van der Waals surface area contributed by atoms with Crippen LogP contribution in [0.4, 0.5) is 21.9 Å². The van der Waals surface area contributed by atoms with Crippen molar-refractivity contribution in [3.63, 3.8) is 0 Å². The molecule has 0 radical (unpaired) electrons. The van der Waals surface area contributed by atoms with Crippen molar-refractivity contribution in [3.8, 4) is 0 Å². The summed E-state index contributed by atoms with van der Waals surface area (Å²) in [4.78, 5) is 28.3. The molecule has 0 bridgehead atoms. The smallest absolute Gasteiger partial charge is 0.323 e. The molecule has 4 rings (SSSR count). The van der Waals surface area contributed by atoms with E-state index in [0.29, 0.717) is 31.0 Å². The predicted molar refractivity (Wildman–Crippen MR) is 150 cm³/mol. The lowest BCUT2D eigenvalue weighted by Gasteiger charge is -2.32. The van der Waals surface area contributed by atoms with Gasteiger partial charge in [0.1, 0.15) is 0 Å². The molecule has 7 heteroatoms. The number of urea groups is 1. The molecular weight excluding hydrogens is 464 g/mol. The van der Waals surface area contributed by atoms with Crippen LogP contribution in [0.1, 0.15) is 46.0 Å². The summed E-state index contributed by atoms with van der Waals surface area (Å²) in [6, 6.07) is 19.5. The molecule has 3 amide bonds. The third-order valence-electron chi connectivity index (χ3n) is 6.56. The summed E-state index contributed by atoms with van der Waals surface area (Å²) in [7, 11) is 0. The number of rotatable bonds is 9. The lowest BCUT2D eigenvalue weighted by atomic mass is 9.98. The number of nitrogens with zero attached hydrogens (tertiary/aromatic N) is 1. The van der Waals surface area contributed by atoms with Crippen molar-refractivity contribution in [2.24, 2.45) is 0 Å². The van der Waals surface area contributed by atoms with E-state index in [-0.39, 0.29) is 11.9 Å². The number of ether oxygens (including phenoxy) is 1. The predicted octanol–water partition coefficient (Wildman–Crippen LogP) is 5.67. The first kappa shape index (κ1) is 26.2. The topological polar surface area (TPSA) is 82.7 Å². The normalized spacial score (nSPS) is 12.6. The average molecular weight is 501 g/mol. The van der Waals surface area contributed by atoms with Gasteiger partial charge in [-0.15, -0.1) is 0 Å². The molecule has 0 aromatic heterocycles. The fourth-order valence-corrected chi connectivity index (χ4v) is 4.63. The second-order valence-electron chi connectivity index (χ2n) is 9.38. The fourth-order valence-electron chi connectivity index (χ4n) is 4.63. The highest BCUT2D eigenvalue weighted by atomic mass is 16.5.